The van der Waals surface area contributed by atoms with E-state index in [2.05, 4.69) is 42.0 Å². The summed E-state index contributed by atoms with van der Waals surface area (Å²) in [4.78, 5) is 9.12. The normalized spacial score (nSPS) is 10.8. The first-order valence-electron chi connectivity index (χ1n) is 6.03. The summed E-state index contributed by atoms with van der Waals surface area (Å²) in [6, 6.07) is 14.4. The standard InChI is InChI=1S/C16H14N2/c1-11-5-3-7-13(9-11)16-17-10-14-8-4-6-12(2)15(14)18-16/h3-10H,1-2H3. The number of benzene rings is 2. The topological polar surface area (TPSA) is 25.8 Å². The van der Waals surface area contributed by atoms with E-state index >= 15 is 0 Å². The monoisotopic (exact) mass is 234 g/mol. The lowest BCUT2D eigenvalue weighted by Gasteiger charge is -2.05. The minimum Gasteiger partial charge on any atom is -0.236 e. The Balaban J connectivity index is 2.22. The van der Waals surface area contributed by atoms with Gasteiger partial charge >= 0.3 is 0 Å². The molecule has 0 amide bonds. The Morgan fingerprint density at radius 1 is 0.944 bits per heavy atom. The number of rotatable bonds is 1. The van der Waals surface area contributed by atoms with Crippen LogP contribution in [0.1, 0.15) is 11.1 Å². The van der Waals surface area contributed by atoms with E-state index in [1.54, 1.807) is 0 Å². The molecule has 0 radical (unpaired) electrons. The Morgan fingerprint density at radius 2 is 1.78 bits per heavy atom. The summed E-state index contributed by atoms with van der Waals surface area (Å²) in [5.74, 6) is 0.792. The molecule has 0 aliphatic heterocycles. The van der Waals surface area contributed by atoms with Gasteiger partial charge in [-0.2, -0.15) is 0 Å². The van der Waals surface area contributed by atoms with Crippen molar-refractivity contribution in [3.8, 4) is 11.4 Å². The third-order valence-electron chi connectivity index (χ3n) is 3.09. The van der Waals surface area contributed by atoms with Crippen molar-refractivity contribution in [1.29, 1.82) is 0 Å². The van der Waals surface area contributed by atoms with Crippen LogP contribution in [-0.2, 0) is 0 Å². The molecule has 0 spiro atoms. The lowest BCUT2D eigenvalue weighted by Crippen LogP contribution is -1.91. The van der Waals surface area contributed by atoms with Crippen LogP contribution in [0, 0.1) is 13.8 Å². The van der Waals surface area contributed by atoms with Crippen LogP contribution >= 0.6 is 0 Å². The molecule has 0 unspecified atom stereocenters. The molecule has 2 aromatic carbocycles. The fraction of sp³-hybridized carbons (Fsp3) is 0.125. The molecule has 2 heteroatoms. The molecule has 0 N–H and O–H groups in total. The van der Waals surface area contributed by atoms with Crippen molar-refractivity contribution < 1.29 is 0 Å². The second-order valence-corrected chi connectivity index (χ2v) is 4.58. The fourth-order valence-electron chi connectivity index (χ4n) is 2.13. The van der Waals surface area contributed by atoms with Crippen molar-refractivity contribution in [2.24, 2.45) is 0 Å². The predicted molar refractivity (Wildman–Crippen MR) is 74.4 cm³/mol. The van der Waals surface area contributed by atoms with Crippen molar-refractivity contribution >= 4 is 10.9 Å². The Hall–Kier alpha value is -2.22. The van der Waals surface area contributed by atoms with Crippen molar-refractivity contribution in [3.63, 3.8) is 0 Å². The SMILES string of the molecule is Cc1cccc(-c2ncc3cccc(C)c3n2)c1. The molecule has 0 saturated heterocycles. The van der Waals surface area contributed by atoms with Crippen LogP contribution in [0.2, 0.25) is 0 Å². The summed E-state index contributed by atoms with van der Waals surface area (Å²) in [7, 11) is 0. The summed E-state index contributed by atoms with van der Waals surface area (Å²) in [5, 5.41) is 1.09. The molecular formula is C16H14N2. The highest BCUT2D eigenvalue weighted by atomic mass is 14.9. The lowest BCUT2D eigenvalue weighted by molar-refractivity contribution is 1.21. The van der Waals surface area contributed by atoms with E-state index in [1.807, 2.05) is 30.5 Å². The fourth-order valence-corrected chi connectivity index (χ4v) is 2.13. The average molecular weight is 234 g/mol. The first-order valence-corrected chi connectivity index (χ1v) is 6.03. The van der Waals surface area contributed by atoms with Crippen LogP contribution in [0.15, 0.2) is 48.7 Å². The number of fused-ring (bicyclic) bond motifs is 1. The molecule has 0 aliphatic carbocycles. The second-order valence-electron chi connectivity index (χ2n) is 4.58. The molecule has 0 aliphatic rings. The van der Waals surface area contributed by atoms with E-state index in [0.717, 1.165) is 22.3 Å². The maximum absolute atomic E-state index is 4.68. The Labute approximate surface area is 106 Å². The van der Waals surface area contributed by atoms with Crippen LogP contribution in [0.5, 0.6) is 0 Å². The molecule has 0 bridgehead atoms. The number of aryl methyl sites for hydroxylation is 2. The van der Waals surface area contributed by atoms with Crippen LogP contribution in [0.3, 0.4) is 0 Å². The van der Waals surface area contributed by atoms with Crippen molar-refractivity contribution in [2.45, 2.75) is 13.8 Å². The van der Waals surface area contributed by atoms with Gasteiger partial charge in [0.1, 0.15) is 0 Å². The Morgan fingerprint density at radius 3 is 2.61 bits per heavy atom. The first kappa shape index (κ1) is 10.9. The van der Waals surface area contributed by atoms with Crippen molar-refractivity contribution in [3.05, 3.63) is 59.8 Å². The van der Waals surface area contributed by atoms with Crippen LogP contribution in [-0.4, -0.2) is 9.97 Å². The van der Waals surface area contributed by atoms with Crippen molar-refractivity contribution in [1.82, 2.24) is 9.97 Å². The smallest absolute Gasteiger partial charge is 0.159 e. The number of para-hydroxylation sites is 1. The summed E-state index contributed by atoms with van der Waals surface area (Å²) in [6.45, 7) is 4.16. The van der Waals surface area contributed by atoms with E-state index in [0.29, 0.717) is 0 Å². The van der Waals surface area contributed by atoms with Gasteiger partial charge in [0.15, 0.2) is 5.82 Å². The minimum atomic E-state index is 0.792. The summed E-state index contributed by atoms with van der Waals surface area (Å²) in [6.07, 6.45) is 1.90. The molecule has 18 heavy (non-hydrogen) atoms. The zero-order valence-electron chi connectivity index (χ0n) is 10.5. The van der Waals surface area contributed by atoms with Gasteiger partial charge in [0.2, 0.25) is 0 Å². The third-order valence-corrected chi connectivity index (χ3v) is 3.09. The maximum atomic E-state index is 4.68. The Kier molecular flexibility index (Phi) is 2.56. The van der Waals surface area contributed by atoms with Gasteiger partial charge < -0.3 is 0 Å². The van der Waals surface area contributed by atoms with Gasteiger partial charge in [0, 0.05) is 17.1 Å². The van der Waals surface area contributed by atoms with Gasteiger partial charge in [-0.3, -0.25) is 0 Å². The van der Waals surface area contributed by atoms with E-state index < -0.39 is 0 Å². The summed E-state index contributed by atoms with van der Waals surface area (Å²) in [5.41, 5.74) is 4.51. The number of hydrogen-bond acceptors (Lipinski definition) is 2. The first-order chi connectivity index (χ1) is 8.74. The van der Waals surface area contributed by atoms with Gasteiger partial charge in [-0.15, -0.1) is 0 Å². The molecule has 0 fully saturated rings. The zero-order valence-corrected chi connectivity index (χ0v) is 10.5. The van der Waals surface area contributed by atoms with E-state index in [1.165, 1.54) is 11.1 Å². The average Bonchev–Trinajstić information content (AvgIpc) is 2.39. The molecule has 3 rings (SSSR count). The quantitative estimate of drug-likeness (QED) is 0.638. The van der Waals surface area contributed by atoms with Crippen molar-refractivity contribution in [2.75, 3.05) is 0 Å². The minimum absolute atomic E-state index is 0.792. The molecule has 1 heterocycles. The van der Waals surface area contributed by atoms with Crippen LogP contribution in [0.25, 0.3) is 22.3 Å². The van der Waals surface area contributed by atoms with Gasteiger partial charge in [-0.25, -0.2) is 9.97 Å². The molecule has 1 aromatic heterocycles. The molecule has 3 aromatic rings. The Bertz CT molecular complexity index is 717. The largest absolute Gasteiger partial charge is 0.236 e. The van der Waals surface area contributed by atoms with Gasteiger partial charge in [-0.1, -0.05) is 42.0 Å². The highest BCUT2D eigenvalue weighted by molar-refractivity contribution is 5.82. The molecular weight excluding hydrogens is 220 g/mol. The molecule has 88 valence electrons. The van der Waals surface area contributed by atoms with E-state index in [-0.39, 0.29) is 0 Å². The maximum Gasteiger partial charge on any atom is 0.159 e. The molecule has 0 saturated carbocycles. The van der Waals surface area contributed by atoms with E-state index in [4.69, 9.17) is 0 Å². The zero-order chi connectivity index (χ0) is 12.5. The van der Waals surface area contributed by atoms with E-state index in [9.17, 15) is 0 Å². The lowest BCUT2D eigenvalue weighted by atomic mass is 10.1. The predicted octanol–water partition coefficient (Wildman–Crippen LogP) is 3.91. The molecule has 2 nitrogen and oxygen atoms in total. The second kappa shape index (κ2) is 4.22. The highest BCUT2D eigenvalue weighted by Gasteiger charge is 2.04. The van der Waals surface area contributed by atoms with Crippen LogP contribution < -0.4 is 0 Å². The highest BCUT2D eigenvalue weighted by Crippen LogP contribution is 2.21. The number of hydrogen-bond donors (Lipinski definition) is 0. The van der Waals surface area contributed by atoms with Crippen LogP contribution in [0.4, 0.5) is 0 Å². The number of aromatic nitrogens is 2. The third kappa shape index (κ3) is 1.86. The molecule has 0 atom stereocenters. The summed E-state index contributed by atoms with van der Waals surface area (Å²) < 4.78 is 0. The number of nitrogens with zero attached hydrogens (tertiary/aromatic N) is 2. The van der Waals surface area contributed by atoms with Gasteiger partial charge in [-0.05, 0) is 25.5 Å². The van der Waals surface area contributed by atoms with Gasteiger partial charge in [0.25, 0.3) is 0 Å². The van der Waals surface area contributed by atoms with Gasteiger partial charge in [0.05, 0.1) is 5.52 Å². The summed E-state index contributed by atoms with van der Waals surface area (Å²) >= 11 is 0.